The summed E-state index contributed by atoms with van der Waals surface area (Å²) in [6.45, 7) is 0. The van der Waals surface area contributed by atoms with E-state index in [1.807, 2.05) is 40.7 Å². The number of amidine groups is 1. The lowest BCUT2D eigenvalue weighted by atomic mass is 10.0. The first-order valence-electron chi connectivity index (χ1n) is 10.4. The Morgan fingerprint density at radius 2 is 1.88 bits per heavy atom. The fourth-order valence-electron chi connectivity index (χ4n) is 3.75. The van der Waals surface area contributed by atoms with E-state index in [-0.39, 0.29) is 24.3 Å². The van der Waals surface area contributed by atoms with Gasteiger partial charge >= 0.3 is 0 Å². The number of halogens is 1. The number of hydrogen-bond donors (Lipinski definition) is 1. The maximum absolute atomic E-state index is 12.7. The highest BCUT2D eigenvalue weighted by molar-refractivity contribution is 8.15. The Labute approximate surface area is 204 Å². The van der Waals surface area contributed by atoms with Crippen LogP contribution in [0.3, 0.4) is 0 Å². The number of nitrogens with one attached hydrogen (secondary N) is 1. The van der Waals surface area contributed by atoms with Crippen molar-refractivity contribution in [2.75, 3.05) is 5.32 Å². The van der Waals surface area contributed by atoms with Gasteiger partial charge in [0.05, 0.1) is 27.3 Å². The molecule has 2 atom stereocenters. The van der Waals surface area contributed by atoms with Gasteiger partial charge in [0, 0.05) is 12.8 Å². The van der Waals surface area contributed by atoms with Gasteiger partial charge in [-0.25, -0.2) is 5.01 Å². The molecule has 0 unspecified atom stereocenters. The number of nitrogens with zero attached hydrogens (tertiary/aromatic N) is 3. The monoisotopic (exact) mass is 494 g/mol. The first-order chi connectivity index (χ1) is 16.1. The summed E-state index contributed by atoms with van der Waals surface area (Å²) in [5.41, 5.74) is 2.59. The Bertz CT molecular complexity index is 1240. The number of para-hydroxylation sites is 1. The van der Waals surface area contributed by atoms with Crippen LogP contribution in [-0.2, 0) is 9.59 Å². The number of hydrogen-bond acceptors (Lipinski definition) is 6. The van der Waals surface area contributed by atoms with Gasteiger partial charge in [0.1, 0.15) is 5.25 Å². The highest BCUT2D eigenvalue weighted by Crippen LogP contribution is 2.39. The molecule has 1 N–H and O–H groups in total. The number of carbonyl (C=O) groups excluding carboxylic acids is 2. The average molecular weight is 495 g/mol. The first-order valence-corrected chi connectivity index (χ1v) is 12.5. The van der Waals surface area contributed by atoms with Gasteiger partial charge in [0.15, 0.2) is 5.17 Å². The number of thioether (sulfide) groups is 1. The highest BCUT2D eigenvalue weighted by Gasteiger charge is 2.39. The zero-order valence-corrected chi connectivity index (χ0v) is 19.7. The van der Waals surface area contributed by atoms with Crippen LogP contribution in [0.5, 0.6) is 0 Å². The number of rotatable bonds is 5. The van der Waals surface area contributed by atoms with Gasteiger partial charge < -0.3 is 5.32 Å². The fourth-order valence-corrected chi connectivity index (χ4v) is 5.72. The normalized spacial score (nSPS) is 20.0. The minimum atomic E-state index is -0.597. The molecule has 0 saturated carbocycles. The van der Waals surface area contributed by atoms with Crippen LogP contribution >= 0.6 is 34.7 Å². The molecule has 6 nitrogen and oxygen atoms in total. The van der Waals surface area contributed by atoms with Crippen molar-refractivity contribution in [1.82, 2.24) is 5.01 Å². The summed E-state index contributed by atoms with van der Waals surface area (Å²) in [5, 5.41) is 11.8. The van der Waals surface area contributed by atoms with Crippen LogP contribution in [-0.4, -0.2) is 33.0 Å². The number of amides is 2. The van der Waals surface area contributed by atoms with Crippen LogP contribution in [0.25, 0.3) is 0 Å². The van der Waals surface area contributed by atoms with E-state index in [2.05, 4.69) is 22.4 Å². The van der Waals surface area contributed by atoms with Crippen molar-refractivity contribution in [3.05, 3.63) is 87.6 Å². The Balaban J connectivity index is 1.33. The summed E-state index contributed by atoms with van der Waals surface area (Å²) in [7, 11) is 0. The van der Waals surface area contributed by atoms with E-state index >= 15 is 0 Å². The molecule has 0 saturated heterocycles. The molecule has 0 radical (unpaired) electrons. The summed E-state index contributed by atoms with van der Waals surface area (Å²) < 4.78 is 0. The molecule has 0 bridgehead atoms. The maximum Gasteiger partial charge on any atom is 0.262 e. The summed E-state index contributed by atoms with van der Waals surface area (Å²) in [6.07, 6.45) is 0.725. The third-order valence-corrected chi connectivity index (χ3v) is 7.73. The zero-order chi connectivity index (χ0) is 22.8. The molecule has 1 aromatic heterocycles. The molecule has 2 aromatic carbocycles. The Morgan fingerprint density at radius 1 is 1.09 bits per heavy atom. The van der Waals surface area contributed by atoms with E-state index < -0.39 is 5.25 Å². The second-order valence-corrected chi connectivity index (χ2v) is 10.1. The molecule has 0 spiro atoms. The quantitative estimate of drug-likeness (QED) is 0.502. The summed E-state index contributed by atoms with van der Waals surface area (Å²) in [5.74, 6) is -0.606. The van der Waals surface area contributed by atoms with Crippen molar-refractivity contribution in [3.8, 4) is 0 Å². The molecule has 0 aliphatic carbocycles. The number of aliphatic imine (C=N–C) groups is 1. The Kier molecular flexibility index (Phi) is 6.30. The maximum atomic E-state index is 12.7. The smallest absolute Gasteiger partial charge is 0.262 e. The van der Waals surface area contributed by atoms with Crippen LogP contribution in [0.1, 0.15) is 29.3 Å². The number of benzene rings is 2. The Morgan fingerprint density at radius 3 is 2.64 bits per heavy atom. The van der Waals surface area contributed by atoms with Crippen molar-refractivity contribution >= 4 is 63.1 Å². The standard InChI is InChI=1S/C24H19ClN4O2S2/c25-16-9-4-5-10-17(16)26-22(30)14-21-23(31)27-24(33-21)29-19(15-7-2-1-3-8-15)13-18(28-29)20-11-6-12-32-20/h1-12,19,21H,13-14H2,(H,26,30)/t19-,21+/m0/s1. The zero-order valence-electron chi connectivity index (χ0n) is 17.3. The van der Waals surface area contributed by atoms with Crippen LogP contribution in [0.4, 0.5) is 5.69 Å². The molecular formula is C24H19ClN4O2S2. The lowest BCUT2D eigenvalue weighted by Gasteiger charge is -2.23. The Hall–Kier alpha value is -2.94. The van der Waals surface area contributed by atoms with Gasteiger partial charge in [-0.1, -0.05) is 71.9 Å². The van der Waals surface area contributed by atoms with Crippen molar-refractivity contribution in [2.24, 2.45) is 10.1 Å². The van der Waals surface area contributed by atoms with Crippen LogP contribution in [0.2, 0.25) is 5.02 Å². The minimum absolute atomic E-state index is 0.00701. The second kappa shape index (κ2) is 9.51. The van der Waals surface area contributed by atoms with Gasteiger partial charge in [0.25, 0.3) is 5.91 Å². The summed E-state index contributed by atoms with van der Waals surface area (Å²) >= 11 is 9.05. The fraction of sp³-hybridized carbons (Fsp3) is 0.167. The molecule has 33 heavy (non-hydrogen) atoms. The first kappa shape index (κ1) is 21.9. The molecule has 2 amide bonds. The molecule has 9 heteroatoms. The lowest BCUT2D eigenvalue weighted by molar-refractivity contribution is -0.121. The van der Waals surface area contributed by atoms with E-state index in [9.17, 15) is 9.59 Å². The van der Waals surface area contributed by atoms with Crippen molar-refractivity contribution in [3.63, 3.8) is 0 Å². The number of anilines is 1. The van der Waals surface area contributed by atoms with Crippen molar-refractivity contribution in [1.29, 1.82) is 0 Å². The minimum Gasteiger partial charge on any atom is -0.325 e. The number of carbonyl (C=O) groups is 2. The van der Waals surface area contributed by atoms with Crippen LogP contribution in [0, 0.1) is 0 Å². The van der Waals surface area contributed by atoms with E-state index in [1.165, 1.54) is 11.8 Å². The average Bonchev–Trinajstić information content (AvgIpc) is 3.56. The van der Waals surface area contributed by atoms with E-state index in [0.29, 0.717) is 15.9 Å². The molecule has 166 valence electrons. The summed E-state index contributed by atoms with van der Waals surface area (Å²) in [6, 6.07) is 21.1. The molecule has 0 fully saturated rings. The molecule has 3 aromatic rings. The van der Waals surface area contributed by atoms with E-state index in [1.54, 1.807) is 35.6 Å². The summed E-state index contributed by atoms with van der Waals surface area (Å²) in [4.78, 5) is 30.6. The topological polar surface area (TPSA) is 74.1 Å². The molecular weight excluding hydrogens is 476 g/mol. The molecule has 2 aliphatic heterocycles. The van der Waals surface area contributed by atoms with Gasteiger partial charge in [-0.05, 0) is 29.1 Å². The third-order valence-electron chi connectivity index (χ3n) is 5.34. The van der Waals surface area contributed by atoms with Crippen LogP contribution < -0.4 is 5.32 Å². The molecule has 5 rings (SSSR count). The van der Waals surface area contributed by atoms with Gasteiger partial charge in [-0.15, -0.1) is 11.3 Å². The predicted molar refractivity (Wildman–Crippen MR) is 135 cm³/mol. The third kappa shape index (κ3) is 4.73. The molecule has 2 aliphatic rings. The van der Waals surface area contributed by atoms with Crippen molar-refractivity contribution < 1.29 is 9.59 Å². The second-order valence-electron chi connectivity index (χ2n) is 7.57. The van der Waals surface area contributed by atoms with Gasteiger partial charge in [0.2, 0.25) is 5.91 Å². The van der Waals surface area contributed by atoms with E-state index in [0.717, 1.165) is 22.6 Å². The lowest BCUT2D eigenvalue weighted by Crippen LogP contribution is -2.25. The molecule has 3 heterocycles. The van der Waals surface area contributed by atoms with Gasteiger partial charge in [-0.3, -0.25) is 9.59 Å². The predicted octanol–water partition coefficient (Wildman–Crippen LogP) is 5.58. The highest BCUT2D eigenvalue weighted by atomic mass is 35.5. The number of hydrazone groups is 1. The number of thiophene rings is 1. The largest absolute Gasteiger partial charge is 0.325 e. The van der Waals surface area contributed by atoms with Gasteiger partial charge in [-0.2, -0.15) is 10.1 Å². The van der Waals surface area contributed by atoms with Crippen LogP contribution in [0.15, 0.2) is 82.2 Å². The van der Waals surface area contributed by atoms with E-state index in [4.69, 9.17) is 16.7 Å². The van der Waals surface area contributed by atoms with Crippen molar-refractivity contribution in [2.45, 2.75) is 24.1 Å². The SMILES string of the molecule is O=C(C[C@H]1SC(N2N=C(c3cccs3)C[C@H]2c2ccccc2)=NC1=O)Nc1ccccc1Cl.